The van der Waals surface area contributed by atoms with Crippen molar-refractivity contribution in [2.75, 3.05) is 13.2 Å². The second kappa shape index (κ2) is 13.6. The first-order chi connectivity index (χ1) is 17.0. The Morgan fingerprint density at radius 1 is 0.914 bits per heavy atom. The highest BCUT2D eigenvalue weighted by molar-refractivity contribution is 5.72. The molecule has 7 unspecified atom stereocenters. The Kier molecular flexibility index (Phi) is 10.6. The lowest BCUT2D eigenvalue weighted by atomic mass is 9.56. The van der Waals surface area contributed by atoms with E-state index in [1.165, 1.54) is 89.9 Å². The van der Waals surface area contributed by atoms with Gasteiger partial charge in [0.1, 0.15) is 0 Å². The van der Waals surface area contributed by atoms with Gasteiger partial charge in [-0.3, -0.25) is 4.79 Å². The van der Waals surface area contributed by atoms with Crippen molar-refractivity contribution in [2.45, 2.75) is 130 Å². The zero-order valence-corrected chi connectivity index (χ0v) is 23.2. The molecule has 4 rings (SSSR count). The molecular weight excluding hydrogens is 430 g/mol. The zero-order chi connectivity index (χ0) is 24.6. The van der Waals surface area contributed by atoms with Crippen LogP contribution in [0, 0.1) is 41.4 Å². The molecule has 3 nitrogen and oxygen atoms in total. The lowest BCUT2D eigenvalue weighted by Crippen LogP contribution is -2.42. The molecule has 4 aliphatic rings. The molecule has 4 aliphatic carbocycles. The van der Waals surface area contributed by atoms with E-state index in [-0.39, 0.29) is 5.91 Å². The number of amides is 1. The molecular formula is C32H55NO2. The topological polar surface area (TPSA) is 38.3 Å². The van der Waals surface area contributed by atoms with Crippen LogP contribution < -0.4 is 5.32 Å². The largest absolute Gasteiger partial charge is 0.378 e. The number of carbonyl (C=O) groups excluding carboxylic acids is 1. The molecule has 1 amide bonds. The van der Waals surface area contributed by atoms with E-state index < -0.39 is 0 Å². The Balaban J connectivity index is 1.16. The van der Waals surface area contributed by atoms with Crippen molar-refractivity contribution in [3.05, 3.63) is 11.6 Å². The van der Waals surface area contributed by atoms with Crippen LogP contribution in [0.25, 0.3) is 0 Å². The fourth-order valence-electron chi connectivity index (χ4n) is 8.56. The summed E-state index contributed by atoms with van der Waals surface area (Å²) in [7, 11) is 0. The van der Waals surface area contributed by atoms with E-state index in [1.807, 2.05) is 0 Å². The number of allylic oxidation sites excluding steroid dienone is 1. The quantitative estimate of drug-likeness (QED) is 0.211. The van der Waals surface area contributed by atoms with Crippen LogP contribution in [-0.2, 0) is 9.53 Å². The van der Waals surface area contributed by atoms with Crippen molar-refractivity contribution in [3.63, 3.8) is 0 Å². The Morgan fingerprint density at radius 2 is 1.71 bits per heavy atom. The van der Waals surface area contributed by atoms with E-state index in [0.29, 0.717) is 6.10 Å². The third kappa shape index (κ3) is 7.59. The summed E-state index contributed by atoms with van der Waals surface area (Å²) >= 11 is 0. The summed E-state index contributed by atoms with van der Waals surface area (Å²) in [5, 5.41) is 2.89. The maximum Gasteiger partial charge on any atom is 0.216 e. The predicted molar refractivity (Wildman–Crippen MR) is 146 cm³/mol. The number of nitrogens with one attached hydrogen (secondary N) is 1. The van der Waals surface area contributed by atoms with Gasteiger partial charge in [0.15, 0.2) is 0 Å². The number of carbonyl (C=O) groups is 1. The van der Waals surface area contributed by atoms with Gasteiger partial charge in [0.2, 0.25) is 5.91 Å². The van der Waals surface area contributed by atoms with E-state index in [4.69, 9.17) is 4.74 Å². The molecule has 3 saturated carbocycles. The van der Waals surface area contributed by atoms with Crippen LogP contribution in [0.3, 0.4) is 0 Å². The molecule has 0 aromatic heterocycles. The smallest absolute Gasteiger partial charge is 0.216 e. The van der Waals surface area contributed by atoms with Crippen LogP contribution in [0.5, 0.6) is 0 Å². The minimum Gasteiger partial charge on any atom is -0.378 e. The molecule has 0 saturated heterocycles. The van der Waals surface area contributed by atoms with Crippen molar-refractivity contribution in [1.29, 1.82) is 0 Å². The third-order valence-corrected chi connectivity index (χ3v) is 10.3. The molecule has 3 fully saturated rings. The summed E-state index contributed by atoms with van der Waals surface area (Å²) in [6.07, 6.45) is 25.0. The van der Waals surface area contributed by atoms with Crippen molar-refractivity contribution in [1.82, 2.24) is 5.32 Å². The van der Waals surface area contributed by atoms with Gasteiger partial charge >= 0.3 is 0 Å². The zero-order valence-electron chi connectivity index (χ0n) is 23.2. The molecule has 0 heterocycles. The van der Waals surface area contributed by atoms with Gasteiger partial charge in [-0.2, -0.15) is 0 Å². The van der Waals surface area contributed by atoms with E-state index >= 15 is 0 Å². The second-order valence-corrected chi connectivity index (χ2v) is 13.0. The molecule has 200 valence electrons. The van der Waals surface area contributed by atoms with Crippen LogP contribution in [0.2, 0.25) is 0 Å². The van der Waals surface area contributed by atoms with Crippen LogP contribution in [0.4, 0.5) is 0 Å². The van der Waals surface area contributed by atoms with Crippen LogP contribution in [-0.4, -0.2) is 25.2 Å². The fraction of sp³-hybridized carbons (Fsp3) is 0.906. The predicted octanol–water partition coefficient (Wildman–Crippen LogP) is 8.08. The molecule has 0 aromatic rings. The van der Waals surface area contributed by atoms with Crippen molar-refractivity contribution in [3.8, 4) is 0 Å². The maximum atomic E-state index is 10.9. The first-order valence-electron chi connectivity index (χ1n) is 15.6. The van der Waals surface area contributed by atoms with Gasteiger partial charge in [-0.1, -0.05) is 64.0 Å². The summed E-state index contributed by atoms with van der Waals surface area (Å²) in [5.41, 5.74) is 1.78. The van der Waals surface area contributed by atoms with E-state index in [1.54, 1.807) is 12.5 Å². The lowest BCUT2D eigenvalue weighted by molar-refractivity contribution is -0.118. The molecule has 0 aliphatic heterocycles. The third-order valence-electron chi connectivity index (χ3n) is 10.3. The summed E-state index contributed by atoms with van der Waals surface area (Å²) < 4.78 is 6.35. The first kappa shape index (κ1) is 27.2. The van der Waals surface area contributed by atoms with E-state index in [0.717, 1.165) is 67.4 Å². The van der Waals surface area contributed by atoms with Gasteiger partial charge in [-0.25, -0.2) is 0 Å². The lowest BCUT2D eigenvalue weighted by Gasteiger charge is -2.50. The van der Waals surface area contributed by atoms with Gasteiger partial charge in [0.05, 0.1) is 6.10 Å². The monoisotopic (exact) mass is 485 g/mol. The molecule has 7 atom stereocenters. The van der Waals surface area contributed by atoms with E-state index in [2.05, 4.69) is 25.2 Å². The molecule has 1 N–H and O–H groups in total. The van der Waals surface area contributed by atoms with Crippen LogP contribution >= 0.6 is 0 Å². The normalized spacial score (nSPS) is 34.2. The highest BCUT2D eigenvalue weighted by atomic mass is 16.5. The Bertz CT molecular complexity index is 685. The van der Waals surface area contributed by atoms with Gasteiger partial charge in [0, 0.05) is 20.1 Å². The van der Waals surface area contributed by atoms with Crippen molar-refractivity contribution in [2.24, 2.45) is 41.4 Å². The number of ether oxygens (including phenoxy) is 1. The number of unbranched alkanes of at least 4 members (excludes halogenated alkanes) is 4. The molecule has 0 spiro atoms. The fourth-order valence-corrected chi connectivity index (χ4v) is 8.56. The molecule has 35 heavy (non-hydrogen) atoms. The minimum atomic E-state index is 0.0836. The number of fused-ring (bicyclic) bond motifs is 5. The van der Waals surface area contributed by atoms with Crippen LogP contribution in [0.1, 0.15) is 124 Å². The molecule has 0 bridgehead atoms. The number of hydrogen-bond acceptors (Lipinski definition) is 2. The summed E-state index contributed by atoms with van der Waals surface area (Å²) in [6, 6.07) is 0. The average Bonchev–Trinajstić information content (AvgIpc) is 3.26. The van der Waals surface area contributed by atoms with Crippen molar-refractivity contribution < 1.29 is 9.53 Å². The average molecular weight is 486 g/mol. The molecule has 0 aromatic carbocycles. The summed E-state index contributed by atoms with van der Waals surface area (Å²) in [4.78, 5) is 10.9. The van der Waals surface area contributed by atoms with Gasteiger partial charge in [-0.15, -0.1) is 0 Å². The Morgan fingerprint density at radius 3 is 2.54 bits per heavy atom. The van der Waals surface area contributed by atoms with Crippen molar-refractivity contribution >= 4 is 5.91 Å². The first-order valence-corrected chi connectivity index (χ1v) is 15.6. The Hall–Kier alpha value is -0.830. The van der Waals surface area contributed by atoms with Gasteiger partial charge in [-0.05, 0) is 106 Å². The number of hydrogen-bond donors (Lipinski definition) is 1. The summed E-state index contributed by atoms with van der Waals surface area (Å²) in [5.74, 6) is 6.97. The Labute approximate surface area is 216 Å². The highest BCUT2D eigenvalue weighted by Crippen LogP contribution is 2.58. The standard InChI is InChI=1S/C32H55NO2/c1-23(2)10-6-7-11-25-12-15-30-28(25)18-19-31-29-17-14-27(22-26(29)13-16-32(30)31)35-21-9-5-4-8-20-33-24(3)34/h13,23,25,27-32H,4-12,14-22H2,1-3H3,(H,33,34). The van der Waals surface area contributed by atoms with Gasteiger partial charge in [0.25, 0.3) is 0 Å². The SMILES string of the molecule is CC(=O)NCCCCCCOC1CCC2C(=CCC3C2CCC2C(CCCCC(C)C)CCC23)C1. The number of rotatable bonds is 13. The molecule has 0 radical (unpaired) electrons. The van der Waals surface area contributed by atoms with Gasteiger partial charge < -0.3 is 10.1 Å². The second-order valence-electron chi connectivity index (χ2n) is 13.0. The minimum absolute atomic E-state index is 0.0836. The summed E-state index contributed by atoms with van der Waals surface area (Å²) in [6.45, 7) is 8.07. The highest BCUT2D eigenvalue weighted by Gasteiger charge is 2.49. The molecule has 3 heteroatoms. The van der Waals surface area contributed by atoms with E-state index in [9.17, 15) is 4.79 Å². The maximum absolute atomic E-state index is 10.9. The van der Waals surface area contributed by atoms with Crippen LogP contribution in [0.15, 0.2) is 11.6 Å².